The van der Waals surface area contributed by atoms with Gasteiger partial charge in [0.05, 0.1) is 5.56 Å². The van der Waals surface area contributed by atoms with Crippen molar-refractivity contribution in [3.05, 3.63) is 29.3 Å². The fourth-order valence-electron chi connectivity index (χ4n) is 2.57. The smallest absolute Gasteiger partial charge is 0.398 e. The second-order valence-corrected chi connectivity index (χ2v) is 6.16. The van der Waals surface area contributed by atoms with Crippen molar-refractivity contribution in [1.82, 2.24) is 5.32 Å². The Morgan fingerprint density at radius 2 is 2.10 bits per heavy atom. The first kappa shape index (κ1) is 16.0. The molecule has 0 radical (unpaired) electrons. The Morgan fingerprint density at radius 3 is 2.71 bits per heavy atom. The van der Waals surface area contributed by atoms with Crippen LogP contribution in [0.15, 0.2) is 18.2 Å². The zero-order valence-corrected chi connectivity index (χ0v) is 12.4. The minimum Gasteiger partial charge on any atom is -0.398 e. The van der Waals surface area contributed by atoms with Gasteiger partial charge in [0.1, 0.15) is 0 Å². The van der Waals surface area contributed by atoms with E-state index in [1.807, 2.05) is 6.26 Å². The van der Waals surface area contributed by atoms with Gasteiger partial charge in [-0.1, -0.05) is 6.42 Å². The lowest BCUT2D eigenvalue weighted by Gasteiger charge is -2.19. The van der Waals surface area contributed by atoms with Crippen LogP contribution in [0.5, 0.6) is 0 Å². The summed E-state index contributed by atoms with van der Waals surface area (Å²) < 4.78 is 38.4. The summed E-state index contributed by atoms with van der Waals surface area (Å²) in [6.07, 6.45) is 0.307. The van der Waals surface area contributed by atoms with Crippen molar-refractivity contribution in [2.24, 2.45) is 0 Å². The van der Waals surface area contributed by atoms with Crippen LogP contribution in [0.25, 0.3) is 0 Å². The van der Waals surface area contributed by atoms with E-state index in [-0.39, 0.29) is 17.3 Å². The number of benzene rings is 1. The molecule has 1 amide bonds. The highest BCUT2D eigenvalue weighted by Gasteiger charge is 2.34. The molecule has 0 heterocycles. The third kappa shape index (κ3) is 3.64. The van der Waals surface area contributed by atoms with E-state index in [1.54, 1.807) is 11.8 Å². The molecule has 0 spiro atoms. The molecule has 0 bridgehead atoms. The van der Waals surface area contributed by atoms with Gasteiger partial charge in [-0.3, -0.25) is 4.79 Å². The van der Waals surface area contributed by atoms with Gasteiger partial charge < -0.3 is 11.1 Å². The topological polar surface area (TPSA) is 55.1 Å². The van der Waals surface area contributed by atoms with Crippen LogP contribution in [-0.4, -0.2) is 23.5 Å². The lowest BCUT2D eigenvalue weighted by molar-refractivity contribution is -0.136. The number of carbonyl (C=O) groups excluding carboxylic acids is 1. The van der Waals surface area contributed by atoms with Crippen LogP contribution in [0.4, 0.5) is 18.9 Å². The molecule has 2 rings (SSSR count). The van der Waals surface area contributed by atoms with Crippen molar-refractivity contribution in [3.8, 4) is 0 Å². The zero-order chi connectivity index (χ0) is 15.6. The summed E-state index contributed by atoms with van der Waals surface area (Å²) in [5.41, 5.74) is 3.97. The number of halogens is 3. The van der Waals surface area contributed by atoms with Crippen molar-refractivity contribution < 1.29 is 18.0 Å². The second-order valence-electron chi connectivity index (χ2n) is 5.08. The first-order chi connectivity index (χ1) is 9.82. The lowest BCUT2D eigenvalue weighted by atomic mass is 10.1. The Morgan fingerprint density at radius 1 is 1.38 bits per heavy atom. The average Bonchev–Trinajstić information content (AvgIpc) is 2.85. The van der Waals surface area contributed by atoms with E-state index < -0.39 is 17.6 Å². The number of amides is 1. The highest BCUT2D eigenvalue weighted by atomic mass is 32.2. The maximum absolute atomic E-state index is 12.8. The number of carbonyl (C=O) groups is 1. The van der Waals surface area contributed by atoms with E-state index in [2.05, 4.69) is 5.32 Å². The van der Waals surface area contributed by atoms with Crippen LogP contribution in [-0.2, 0) is 6.18 Å². The first-order valence-electron chi connectivity index (χ1n) is 6.63. The summed E-state index contributed by atoms with van der Waals surface area (Å²) in [4.78, 5) is 12.1. The van der Waals surface area contributed by atoms with Gasteiger partial charge in [-0.05, 0) is 37.3 Å². The Bertz CT molecular complexity index is 533. The molecule has 1 fully saturated rings. The second kappa shape index (κ2) is 6.17. The van der Waals surface area contributed by atoms with E-state index in [0.717, 1.165) is 31.4 Å². The predicted molar refractivity (Wildman–Crippen MR) is 78.3 cm³/mol. The minimum absolute atomic E-state index is 0.0109. The van der Waals surface area contributed by atoms with E-state index in [4.69, 9.17) is 5.73 Å². The molecule has 0 aromatic heterocycles. The van der Waals surface area contributed by atoms with Gasteiger partial charge in [-0.25, -0.2) is 0 Å². The Kier molecular flexibility index (Phi) is 4.70. The van der Waals surface area contributed by atoms with E-state index >= 15 is 0 Å². The van der Waals surface area contributed by atoms with Crippen LogP contribution in [0.2, 0.25) is 0 Å². The summed E-state index contributed by atoms with van der Waals surface area (Å²) in [7, 11) is 0. The third-order valence-corrected chi connectivity index (χ3v) is 4.86. The van der Waals surface area contributed by atoms with Crippen molar-refractivity contribution in [3.63, 3.8) is 0 Å². The van der Waals surface area contributed by atoms with E-state index in [9.17, 15) is 18.0 Å². The minimum atomic E-state index is -4.56. The van der Waals surface area contributed by atoms with Crippen LogP contribution in [0, 0.1) is 0 Å². The number of hydrogen-bond donors (Lipinski definition) is 2. The summed E-state index contributed by atoms with van der Waals surface area (Å²) in [5, 5.41) is 3.15. The Labute approximate surface area is 125 Å². The van der Waals surface area contributed by atoms with E-state index in [0.29, 0.717) is 5.25 Å². The zero-order valence-electron chi connectivity index (χ0n) is 11.5. The monoisotopic (exact) mass is 318 g/mol. The molecule has 1 saturated carbocycles. The summed E-state index contributed by atoms with van der Waals surface area (Å²) >= 11 is 1.67. The molecule has 0 saturated heterocycles. The number of rotatable bonds is 3. The number of nitrogens with two attached hydrogens (primary N) is 1. The predicted octanol–water partition coefficient (Wildman–Crippen LogP) is 3.30. The summed E-state index contributed by atoms with van der Waals surface area (Å²) in [6.45, 7) is 0. The summed E-state index contributed by atoms with van der Waals surface area (Å²) in [6, 6.07) is 3.27. The molecular weight excluding hydrogens is 301 g/mol. The molecule has 21 heavy (non-hydrogen) atoms. The van der Waals surface area contributed by atoms with Crippen molar-refractivity contribution >= 4 is 23.4 Å². The molecule has 2 unspecified atom stereocenters. The maximum Gasteiger partial charge on any atom is 0.418 e. The lowest BCUT2D eigenvalue weighted by Crippen LogP contribution is -2.38. The fourth-order valence-corrected chi connectivity index (χ4v) is 3.50. The summed E-state index contributed by atoms with van der Waals surface area (Å²) in [5.74, 6) is -0.480. The number of thioether (sulfide) groups is 1. The quantitative estimate of drug-likeness (QED) is 0.841. The van der Waals surface area contributed by atoms with Crippen LogP contribution < -0.4 is 11.1 Å². The van der Waals surface area contributed by atoms with Crippen LogP contribution in [0.3, 0.4) is 0 Å². The molecule has 1 aliphatic rings. The molecular formula is C14H17F3N2OS. The first-order valence-corrected chi connectivity index (χ1v) is 7.92. The van der Waals surface area contributed by atoms with Gasteiger partial charge in [0.15, 0.2) is 0 Å². The van der Waals surface area contributed by atoms with E-state index in [1.165, 1.54) is 6.07 Å². The van der Waals surface area contributed by atoms with Crippen LogP contribution >= 0.6 is 11.8 Å². The Balaban J connectivity index is 2.16. The van der Waals surface area contributed by atoms with Crippen LogP contribution in [0.1, 0.15) is 35.2 Å². The maximum atomic E-state index is 12.8. The SMILES string of the molecule is CSC1CCCC1NC(=O)c1ccc(N)c(C(F)(F)F)c1. The molecule has 3 N–H and O–H groups in total. The van der Waals surface area contributed by atoms with Gasteiger partial charge in [-0.2, -0.15) is 24.9 Å². The number of hydrogen-bond acceptors (Lipinski definition) is 3. The van der Waals surface area contributed by atoms with Gasteiger partial charge >= 0.3 is 6.18 Å². The molecule has 1 aromatic carbocycles. The fraction of sp³-hybridized carbons (Fsp3) is 0.500. The van der Waals surface area contributed by atoms with Gasteiger partial charge in [-0.15, -0.1) is 0 Å². The highest BCUT2D eigenvalue weighted by Crippen LogP contribution is 2.34. The number of nitrogen functional groups attached to an aromatic ring is 1. The number of alkyl halides is 3. The molecule has 0 aliphatic heterocycles. The van der Waals surface area contributed by atoms with Gasteiger partial charge in [0.2, 0.25) is 0 Å². The normalized spacial score (nSPS) is 22.3. The average molecular weight is 318 g/mol. The largest absolute Gasteiger partial charge is 0.418 e. The Hall–Kier alpha value is -1.37. The van der Waals surface area contributed by atoms with Crippen molar-refractivity contribution in [1.29, 1.82) is 0 Å². The standard InChI is InChI=1S/C14H17F3N2OS/c1-21-12-4-2-3-11(12)19-13(20)8-5-6-10(18)9(7-8)14(15,16)17/h5-7,11-12H,2-4,18H2,1H3,(H,19,20). The highest BCUT2D eigenvalue weighted by molar-refractivity contribution is 7.99. The number of nitrogens with one attached hydrogen (secondary N) is 1. The molecule has 3 nitrogen and oxygen atoms in total. The van der Waals surface area contributed by atoms with Crippen molar-refractivity contribution in [2.75, 3.05) is 12.0 Å². The number of anilines is 1. The molecule has 116 valence electrons. The van der Waals surface area contributed by atoms with Gasteiger partial charge in [0, 0.05) is 22.5 Å². The molecule has 1 aromatic rings. The third-order valence-electron chi connectivity index (χ3n) is 3.69. The molecule has 2 atom stereocenters. The molecule has 7 heteroatoms. The van der Waals surface area contributed by atoms with Crippen molar-refractivity contribution in [2.45, 2.75) is 36.7 Å². The molecule has 1 aliphatic carbocycles. The van der Waals surface area contributed by atoms with Gasteiger partial charge in [0.25, 0.3) is 5.91 Å².